The Hall–Kier alpha value is -1.75. The van der Waals surface area contributed by atoms with E-state index in [9.17, 15) is 0 Å². The zero-order valence-corrected chi connectivity index (χ0v) is 10.3. The highest BCUT2D eigenvalue weighted by atomic mass is 15.1. The monoisotopic (exact) mass is 243 g/mol. The first-order chi connectivity index (χ1) is 8.92. The third kappa shape index (κ3) is 2.56. The fourth-order valence-corrected chi connectivity index (χ4v) is 2.60. The van der Waals surface area contributed by atoms with Gasteiger partial charge in [0, 0.05) is 42.8 Å². The first kappa shape index (κ1) is 11.3. The standard InChI is InChI=1S/C13H17N5/c1-2-11(13-3-4-14-9-17-13)7-18(5-1)8-12-6-15-10-16-12/h3-4,6,9-11H,1-2,5,7-8H2,(H,15,16)/t11-/m1/s1. The molecular weight excluding hydrogens is 226 g/mol. The zero-order chi connectivity index (χ0) is 12.2. The van der Waals surface area contributed by atoms with E-state index >= 15 is 0 Å². The van der Waals surface area contributed by atoms with Crippen LogP contribution < -0.4 is 0 Å². The lowest BCUT2D eigenvalue weighted by atomic mass is 9.94. The molecule has 3 heterocycles. The molecule has 3 rings (SSSR count). The third-order valence-electron chi connectivity index (χ3n) is 3.48. The van der Waals surface area contributed by atoms with Gasteiger partial charge in [-0.15, -0.1) is 0 Å². The molecule has 0 unspecified atom stereocenters. The molecule has 94 valence electrons. The molecule has 0 aromatic carbocycles. The van der Waals surface area contributed by atoms with Crippen LogP contribution in [0.1, 0.15) is 30.1 Å². The summed E-state index contributed by atoms with van der Waals surface area (Å²) >= 11 is 0. The Bertz CT molecular complexity index is 467. The minimum atomic E-state index is 0.532. The molecule has 18 heavy (non-hydrogen) atoms. The average molecular weight is 243 g/mol. The molecule has 1 atom stereocenters. The summed E-state index contributed by atoms with van der Waals surface area (Å²) in [4.78, 5) is 18.0. The van der Waals surface area contributed by atoms with E-state index in [1.165, 1.54) is 24.2 Å². The fraction of sp³-hybridized carbons (Fsp3) is 0.462. The molecule has 1 saturated heterocycles. The zero-order valence-electron chi connectivity index (χ0n) is 10.3. The summed E-state index contributed by atoms with van der Waals surface area (Å²) in [5.41, 5.74) is 2.35. The van der Waals surface area contributed by atoms with Gasteiger partial charge >= 0.3 is 0 Å². The Morgan fingerprint density at radius 1 is 1.39 bits per heavy atom. The van der Waals surface area contributed by atoms with Gasteiger partial charge in [0.05, 0.1) is 6.33 Å². The lowest BCUT2D eigenvalue weighted by molar-refractivity contribution is 0.196. The number of aromatic amines is 1. The number of H-pyrrole nitrogens is 1. The van der Waals surface area contributed by atoms with E-state index in [2.05, 4.69) is 24.8 Å². The predicted molar refractivity (Wildman–Crippen MR) is 67.9 cm³/mol. The highest BCUT2D eigenvalue weighted by Gasteiger charge is 2.22. The van der Waals surface area contributed by atoms with E-state index < -0.39 is 0 Å². The van der Waals surface area contributed by atoms with Crippen molar-refractivity contribution in [3.05, 3.63) is 42.5 Å². The van der Waals surface area contributed by atoms with Crippen molar-refractivity contribution in [3.63, 3.8) is 0 Å². The molecule has 0 saturated carbocycles. The quantitative estimate of drug-likeness (QED) is 0.889. The molecule has 1 N–H and O–H groups in total. The molecule has 0 radical (unpaired) electrons. The maximum Gasteiger partial charge on any atom is 0.115 e. The van der Waals surface area contributed by atoms with Crippen molar-refractivity contribution in [2.24, 2.45) is 0 Å². The van der Waals surface area contributed by atoms with Gasteiger partial charge in [0.2, 0.25) is 0 Å². The summed E-state index contributed by atoms with van der Waals surface area (Å²) in [5.74, 6) is 0.532. The second-order valence-corrected chi connectivity index (χ2v) is 4.79. The van der Waals surface area contributed by atoms with E-state index in [0.29, 0.717) is 5.92 Å². The van der Waals surface area contributed by atoms with Crippen LogP contribution in [0.5, 0.6) is 0 Å². The molecule has 5 nitrogen and oxygen atoms in total. The largest absolute Gasteiger partial charge is 0.347 e. The van der Waals surface area contributed by atoms with Crippen LogP contribution in [0.2, 0.25) is 0 Å². The van der Waals surface area contributed by atoms with Crippen LogP contribution in [0.15, 0.2) is 31.1 Å². The van der Waals surface area contributed by atoms with Crippen LogP contribution in [0.25, 0.3) is 0 Å². The smallest absolute Gasteiger partial charge is 0.115 e. The predicted octanol–water partition coefficient (Wildman–Crippen LogP) is 1.58. The van der Waals surface area contributed by atoms with E-state index in [4.69, 9.17) is 0 Å². The van der Waals surface area contributed by atoms with E-state index in [0.717, 1.165) is 19.6 Å². The van der Waals surface area contributed by atoms with Crippen molar-refractivity contribution >= 4 is 0 Å². The van der Waals surface area contributed by atoms with Gasteiger partial charge in [0.1, 0.15) is 6.33 Å². The summed E-state index contributed by atoms with van der Waals surface area (Å²) in [5, 5.41) is 0. The van der Waals surface area contributed by atoms with Crippen LogP contribution in [0, 0.1) is 0 Å². The number of imidazole rings is 1. The minimum Gasteiger partial charge on any atom is -0.347 e. The second kappa shape index (κ2) is 5.27. The van der Waals surface area contributed by atoms with E-state index in [1.54, 1.807) is 12.7 Å². The molecule has 1 aliphatic heterocycles. The van der Waals surface area contributed by atoms with Gasteiger partial charge in [-0.2, -0.15) is 0 Å². The van der Waals surface area contributed by atoms with Crippen LogP contribution in [-0.4, -0.2) is 37.9 Å². The van der Waals surface area contributed by atoms with Gasteiger partial charge in [-0.3, -0.25) is 4.90 Å². The number of piperidine rings is 1. The third-order valence-corrected chi connectivity index (χ3v) is 3.48. The molecule has 1 aliphatic rings. The summed E-state index contributed by atoms with van der Waals surface area (Å²) < 4.78 is 0. The number of aromatic nitrogens is 4. The molecular formula is C13H17N5. The Labute approximate surface area is 106 Å². The maximum absolute atomic E-state index is 4.38. The van der Waals surface area contributed by atoms with Crippen LogP contribution in [-0.2, 0) is 6.54 Å². The van der Waals surface area contributed by atoms with Gasteiger partial charge in [-0.25, -0.2) is 15.0 Å². The normalized spacial score (nSPS) is 21.0. The Morgan fingerprint density at radius 2 is 2.39 bits per heavy atom. The van der Waals surface area contributed by atoms with Crippen molar-refractivity contribution in [1.29, 1.82) is 0 Å². The molecule has 0 bridgehead atoms. The number of nitrogens with one attached hydrogen (secondary N) is 1. The summed E-state index contributed by atoms with van der Waals surface area (Å²) in [7, 11) is 0. The fourth-order valence-electron chi connectivity index (χ4n) is 2.60. The molecule has 2 aromatic heterocycles. The van der Waals surface area contributed by atoms with Crippen molar-refractivity contribution in [1.82, 2.24) is 24.8 Å². The number of rotatable bonds is 3. The average Bonchev–Trinajstić information content (AvgIpc) is 2.93. The van der Waals surface area contributed by atoms with Gasteiger partial charge in [-0.05, 0) is 25.5 Å². The van der Waals surface area contributed by atoms with Gasteiger partial charge in [-0.1, -0.05) is 0 Å². The summed E-state index contributed by atoms with van der Waals surface area (Å²) in [6.45, 7) is 3.16. The summed E-state index contributed by atoms with van der Waals surface area (Å²) in [6.07, 6.45) is 9.55. The molecule has 1 fully saturated rings. The molecule has 0 amide bonds. The van der Waals surface area contributed by atoms with Crippen molar-refractivity contribution in [2.45, 2.75) is 25.3 Å². The number of nitrogens with zero attached hydrogens (tertiary/aromatic N) is 4. The summed E-state index contributed by atoms with van der Waals surface area (Å²) in [6, 6.07) is 2.03. The highest BCUT2D eigenvalue weighted by Crippen LogP contribution is 2.25. The first-order valence-electron chi connectivity index (χ1n) is 6.37. The van der Waals surface area contributed by atoms with Crippen molar-refractivity contribution in [2.75, 3.05) is 13.1 Å². The lowest BCUT2D eigenvalue weighted by Crippen LogP contribution is -2.34. The SMILES string of the molecule is c1cc([C@@H]2CCCN(Cc3cnc[nH]3)C2)ncn1. The number of hydrogen-bond acceptors (Lipinski definition) is 4. The molecule has 0 spiro atoms. The van der Waals surface area contributed by atoms with Gasteiger partial charge in [0.15, 0.2) is 0 Å². The van der Waals surface area contributed by atoms with Crippen molar-refractivity contribution < 1.29 is 0 Å². The van der Waals surface area contributed by atoms with E-state index in [-0.39, 0.29) is 0 Å². The number of hydrogen-bond donors (Lipinski definition) is 1. The topological polar surface area (TPSA) is 57.7 Å². The molecule has 0 aliphatic carbocycles. The van der Waals surface area contributed by atoms with Crippen LogP contribution in [0.4, 0.5) is 0 Å². The lowest BCUT2D eigenvalue weighted by Gasteiger charge is -2.31. The Kier molecular flexibility index (Phi) is 3.32. The van der Waals surface area contributed by atoms with Crippen LogP contribution >= 0.6 is 0 Å². The minimum absolute atomic E-state index is 0.532. The van der Waals surface area contributed by atoms with Gasteiger partial charge < -0.3 is 4.98 Å². The highest BCUT2D eigenvalue weighted by molar-refractivity contribution is 5.08. The molecule has 2 aromatic rings. The van der Waals surface area contributed by atoms with E-state index in [1.807, 2.05) is 18.5 Å². The Balaban J connectivity index is 1.65. The Morgan fingerprint density at radius 3 is 3.17 bits per heavy atom. The number of likely N-dealkylation sites (tertiary alicyclic amines) is 1. The van der Waals surface area contributed by atoms with Gasteiger partial charge in [0.25, 0.3) is 0 Å². The van der Waals surface area contributed by atoms with Crippen molar-refractivity contribution in [3.8, 4) is 0 Å². The second-order valence-electron chi connectivity index (χ2n) is 4.79. The maximum atomic E-state index is 4.38. The molecule has 5 heteroatoms. The van der Waals surface area contributed by atoms with Crippen LogP contribution in [0.3, 0.4) is 0 Å². The first-order valence-corrected chi connectivity index (χ1v) is 6.37.